The van der Waals surface area contributed by atoms with Crippen LogP contribution in [0.4, 0.5) is 13.2 Å². The summed E-state index contributed by atoms with van der Waals surface area (Å²) < 4.78 is 40.2. The number of hydrogen-bond acceptors (Lipinski definition) is 2. The van der Waals surface area contributed by atoms with E-state index in [0.717, 1.165) is 5.56 Å². The van der Waals surface area contributed by atoms with Crippen molar-refractivity contribution in [2.75, 3.05) is 6.54 Å². The van der Waals surface area contributed by atoms with E-state index in [2.05, 4.69) is 4.74 Å². The second kappa shape index (κ2) is 5.72. The number of aryl methyl sites for hydroxylation is 1. The lowest BCUT2D eigenvalue weighted by Gasteiger charge is -2.11. The third-order valence-electron chi connectivity index (χ3n) is 2.08. The van der Waals surface area contributed by atoms with Gasteiger partial charge in [-0.25, -0.2) is 0 Å². The van der Waals surface area contributed by atoms with Crippen LogP contribution in [0.2, 0.25) is 0 Å². The van der Waals surface area contributed by atoms with Crippen molar-refractivity contribution in [3.63, 3.8) is 0 Å². The van der Waals surface area contributed by atoms with Gasteiger partial charge in [-0.1, -0.05) is 25.1 Å². The van der Waals surface area contributed by atoms with Crippen LogP contribution in [-0.4, -0.2) is 12.9 Å². The summed E-state index contributed by atoms with van der Waals surface area (Å²) in [6.07, 6.45) is -0.686. The molecule has 0 aromatic heterocycles. The highest BCUT2D eigenvalue weighted by Crippen LogP contribution is 2.25. The van der Waals surface area contributed by atoms with Crippen LogP contribution in [-0.2, 0) is 6.42 Å². The standard InChI is InChI=1S/C12H14F3NO/c1-2-9-6-10(4-3-5-16)8-11(7-9)17-12(13,14)15/h3-4,6-8H,2,5,16H2,1H3/b4-3+. The van der Waals surface area contributed by atoms with Gasteiger partial charge in [-0.05, 0) is 29.7 Å². The summed E-state index contributed by atoms with van der Waals surface area (Å²) in [4.78, 5) is 0. The van der Waals surface area contributed by atoms with Gasteiger partial charge in [0.25, 0.3) is 0 Å². The molecule has 0 bridgehead atoms. The molecule has 0 amide bonds. The van der Waals surface area contributed by atoms with E-state index in [1.807, 2.05) is 6.92 Å². The molecule has 5 heteroatoms. The van der Waals surface area contributed by atoms with Gasteiger partial charge in [0.15, 0.2) is 0 Å². The van der Waals surface area contributed by atoms with Crippen LogP contribution in [0.1, 0.15) is 18.1 Å². The zero-order chi connectivity index (χ0) is 12.9. The van der Waals surface area contributed by atoms with Gasteiger partial charge in [0.05, 0.1) is 0 Å². The maximum Gasteiger partial charge on any atom is 0.573 e. The Hall–Kier alpha value is -1.49. The predicted molar refractivity (Wildman–Crippen MR) is 60.6 cm³/mol. The van der Waals surface area contributed by atoms with Crippen LogP contribution in [0.3, 0.4) is 0 Å². The van der Waals surface area contributed by atoms with Crippen molar-refractivity contribution in [3.05, 3.63) is 35.4 Å². The average Bonchev–Trinajstić information content (AvgIpc) is 2.23. The van der Waals surface area contributed by atoms with E-state index < -0.39 is 6.36 Å². The minimum Gasteiger partial charge on any atom is -0.406 e. The lowest BCUT2D eigenvalue weighted by molar-refractivity contribution is -0.274. The highest BCUT2D eigenvalue weighted by Gasteiger charge is 2.31. The van der Waals surface area contributed by atoms with Gasteiger partial charge in [-0.3, -0.25) is 0 Å². The van der Waals surface area contributed by atoms with Gasteiger partial charge >= 0.3 is 6.36 Å². The molecule has 17 heavy (non-hydrogen) atoms. The first kappa shape index (κ1) is 13.6. The van der Waals surface area contributed by atoms with Crippen LogP contribution < -0.4 is 10.5 Å². The Morgan fingerprint density at radius 2 is 2.00 bits per heavy atom. The Balaban J connectivity index is 3.01. The fourth-order valence-corrected chi connectivity index (χ4v) is 1.38. The second-order valence-electron chi connectivity index (χ2n) is 3.45. The number of benzene rings is 1. The molecule has 94 valence electrons. The van der Waals surface area contributed by atoms with Crippen LogP contribution in [0, 0.1) is 0 Å². The van der Waals surface area contributed by atoms with E-state index >= 15 is 0 Å². The zero-order valence-electron chi connectivity index (χ0n) is 9.42. The fraction of sp³-hybridized carbons (Fsp3) is 0.333. The maximum absolute atomic E-state index is 12.1. The van der Waals surface area contributed by atoms with Gasteiger partial charge in [0.1, 0.15) is 5.75 Å². The number of nitrogens with two attached hydrogens (primary N) is 1. The molecule has 2 nitrogen and oxygen atoms in total. The fourth-order valence-electron chi connectivity index (χ4n) is 1.38. The highest BCUT2D eigenvalue weighted by atomic mass is 19.4. The summed E-state index contributed by atoms with van der Waals surface area (Å²) in [5, 5.41) is 0. The molecule has 0 saturated carbocycles. The lowest BCUT2D eigenvalue weighted by Crippen LogP contribution is -2.17. The van der Waals surface area contributed by atoms with Crippen LogP contribution in [0.25, 0.3) is 6.08 Å². The van der Waals surface area contributed by atoms with Crippen molar-refractivity contribution in [3.8, 4) is 5.75 Å². The minimum absolute atomic E-state index is 0.200. The topological polar surface area (TPSA) is 35.2 Å². The van der Waals surface area contributed by atoms with Crippen molar-refractivity contribution in [2.24, 2.45) is 5.73 Å². The van der Waals surface area contributed by atoms with Gasteiger partial charge in [0.2, 0.25) is 0 Å². The minimum atomic E-state index is -4.67. The SMILES string of the molecule is CCc1cc(/C=C/CN)cc(OC(F)(F)F)c1. The number of halogens is 3. The number of hydrogen-bond donors (Lipinski definition) is 1. The second-order valence-corrected chi connectivity index (χ2v) is 3.45. The first-order chi connectivity index (χ1) is 7.94. The molecule has 1 aromatic carbocycles. The summed E-state index contributed by atoms with van der Waals surface area (Å²) in [6.45, 7) is 2.20. The number of ether oxygens (including phenoxy) is 1. The van der Waals surface area contributed by atoms with E-state index in [1.54, 1.807) is 18.2 Å². The third kappa shape index (κ3) is 4.91. The van der Waals surface area contributed by atoms with Crippen molar-refractivity contribution in [2.45, 2.75) is 19.7 Å². The van der Waals surface area contributed by atoms with E-state index in [9.17, 15) is 13.2 Å². The van der Waals surface area contributed by atoms with Crippen LogP contribution >= 0.6 is 0 Å². The smallest absolute Gasteiger partial charge is 0.406 e. The number of alkyl halides is 3. The summed E-state index contributed by atoms with van der Waals surface area (Å²) >= 11 is 0. The van der Waals surface area contributed by atoms with E-state index in [-0.39, 0.29) is 5.75 Å². The Labute approximate surface area is 97.9 Å². The zero-order valence-corrected chi connectivity index (χ0v) is 9.42. The molecule has 1 rings (SSSR count). The van der Waals surface area contributed by atoms with Gasteiger partial charge < -0.3 is 10.5 Å². The van der Waals surface area contributed by atoms with Crippen molar-refractivity contribution in [1.82, 2.24) is 0 Å². The van der Waals surface area contributed by atoms with Crippen molar-refractivity contribution >= 4 is 6.08 Å². The Morgan fingerprint density at radius 3 is 2.53 bits per heavy atom. The molecule has 0 radical (unpaired) electrons. The average molecular weight is 245 g/mol. The lowest BCUT2D eigenvalue weighted by atomic mass is 10.1. The monoisotopic (exact) mass is 245 g/mol. The maximum atomic E-state index is 12.1. The molecule has 0 fully saturated rings. The van der Waals surface area contributed by atoms with Crippen molar-refractivity contribution in [1.29, 1.82) is 0 Å². The molecule has 0 spiro atoms. The van der Waals surface area contributed by atoms with Crippen LogP contribution in [0.15, 0.2) is 24.3 Å². The van der Waals surface area contributed by atoms with Gasteiger partial charge in [-0.15, -0.1) is 13.2 Å². The van der Waals surface area contributed by atoms with Crippen molar-refractivity contribution < 1.29 is 17.9 Å². The Bertz CT molecular complexity index is 399. The van der Waals surface area contributed by atoms with E-state index in [1.165, 1.54) is 12.1 Å². The first-order valence-electron chi connectivity index (χ1n) is 5.21. The van der Waals surface area contributed by atoms with E-state index in [0.29, 0.717) is 18.5 Å². The third-order valence-corrected chi connectivity index (χ3v) is 2.08. The van der Waals surface area contributed by atoms with Gasteiger partial charge in [-0.2, -0.15) is 0 Å². The van der Waals surface area contributed by atoms with Crippen LogP contribution in [0.5, 0.6) is 5.75 Å². The molecule has 2 N–H and O–H groups in total. The number of rotatable bonds is 4. The molecule has 0 saturated heterocycles. The normalized spacial score (nSPS) is 12.1. The van der Waals surface area contributed by atoms with E-state index in [4.69, 9.17) is 5.73 Å². The summed E-state index contributed by atoms with van der Waals surface area (Å²) in [5.74, 6) is -0.200. The summed E-state index contributed by atoms with van der Waals surface area (Å²) in [5.41, 5.74) is 6.72. The molecule has 0 aliphatic heterocycles. The molecular formula is C12H14F3NO. The molecular weight excluding hydrogens is 231 g/mol. The molecule has 0 atom stereocenters. The quantitative estimate of drug-likeness (QED) is 0.884. The Morgan fingerprint density at radius 1 is 1.29 bits per heavy atom. The van der Waals surface area contributed by atoms with Gasteiger partial charge in [0, 0.05) is 6.54 Å². The molecule has 0 aliphatic rings. The largest absolute Gasteiger partial charge is 0.573 e. The molecule has 0 aliphatic carbocycles. The first-order valence-corrected chi connectivity index (χ1v) is 5.21. The molecule has 0 heterocycles. The summed E-state index contributed by atoms with van der Waals surface area (Å²) in [6, 6.07) is 4.52. The highest BCUT2D eigenvalue weighted by molar-refractivity contribution is 5.53. The predicted octanol–water partition coefficient (Wildman–Crippen LogP) is 3.12. The Kier molecular flexibility index (Phi) is 4.57. The summed E-state index contributed by atoms with van der Waals surface area (Å²) in [7, 11) is 0. The molecule has 1 aromatic rings. The molecule has 0 unspecified atom stereocenters.